The molecule has 0 N–H and O–H groups in total. The van der Waals surface area contributed by atoms with Gasteiger partial charge in [0.1, 0.15) is 0 Å². The monoisotopic (exact) mass is 295 g/mol. The van der Waals surface area contributed by atoms with E-state index < -0.39 is 0 Å². The second kappa shape index (κ2) is 5.58. The van der Waals surface area contributed by atoms with Gasteiger partial charge in [-0.1, -0.05) is 54.1 Å². The Morgan fingerprint density at radius 3 is 1.90 bits per heavy atom. The van der Waals surface area contributed by atoms with Crippen molar-refractivity contribution in [1.82, 2.24) is 4.57 Å². The SMILES string of the molecule is Cn1cc(-c2ccccc2)c(=O)c(-c2ccc(Cl)cc2)c1. The molecule has 3 rings (SSSR count). The zero-order valence-electron chi connectivity index (χ0n) is 11.6. The van der Waals surface area contributed by atoms with Crippen molar-refractivity contribution >= 4 is 11.6 Å². The van der Waals surface area contributed by atoms with E-state index in [-0.39, 0.29) is 5.43 Å². The van der Waals surface area contributed by atoms with E-state index in [0.717, 1.165) is 11.1 Å². The van der Waals surface area contributed by atoms with E-state index in [0.29, 0.717) is 16.1 Å². The smallest absolute Gasteiger partial charge is 0.197 e. The molecule has 0 spiro atoms. The molecule has 0 unspecified atom stereocenters. The Morgan fingerprint density at radius 2 is 1.33 bits per heavy atom. The first-order valence-corrected chi connectivity index (χ1v) is 7.04. The number of hydrogen-bond acceptors (Lipinski definition) is 1. The van der Waals surface area contributed by atoms with Crippen LogP contribution in [-0.4, -0.2) is 4.57 Å². The van der Waals surface area contributed by atoms with Gasteiger partial charge in [0, 0.05) is 35.6 Å². The summed E-state index contributed by atoms with van der Waals surface area (Å²) in [6, 6.07) is 17.0. The van der Waals surface area contributed by atoms with Gasteiger partial charge in [0.05, 0.1) is 0 Å². The van der Waals surface area contributed by atoms with Gasteiger partial charge in [-0.25, -0.2) is 0 Å². The second-order valence-electron chi connectivity index (χ2n) is 4.95. The fraction of sp³-hybridized carbons (Fsp3) is 0.0556. The topological polar surface area (TPSA) is 22.0 Å². The molecule has 0 fully saturated rings. The minimum absolute atomic E-state index is 0.0293. The molecular formula is C18H14ClNO. The number of nitrogens with zero attached hydrogens (tertiary/aromatic N) is 1. The van der Waals surface area contributed by atoms with E-state index in [2.05, 4.69) is 0 Å². The molecular weight excluding hydrogens is 282 g/mol. The predicted molar refractivity (Wildman–Crippen MR) is 87.6 cm³/mol. The van der Waals surface area contributed by atoms with Crippen molar-refractivity contribution in [2.24, 2.45) is 7.05 Å². The summed E-state index contributed by atoms with van der Waals surface area (Å²) in [4.78, 5) is 12.8. The van der Waals surface area contributed by atoms with Gasteiger partial charge in [0.15, 0.2) is 5.43 Å². The van der Waals surface area contributed by atoms with Gasteiger partial charge in [0.25, 0.3) is 0 Å². The molecule has 0 aliphatic heterocycles. The van der Waals surface area contributed by atoms with Gasteiger partial charge in [-0.15, -0.1) is 0 Å². The largest absolute Gasteiger partial charge is 0.356 e. The van der Waals surface area contributed by atoms with Crippen LogP contribution in [0.25, 0.3) is 22.3 Å². The lowest BCUT2D eigenvalue weighted by Gasteiger charge is -2.09. The number of halogens is 1. The molecule has 21 heavy (non-hydrogen) atoms. The Labute approximate surface area is 128 Å². The van der Waals surface area contributed by atoms with Crippen LogP contribution in [0.1, 0.15) is 0 Å². The molecule has 3 aromatic rings. The van der Waals surface area contributed by atoms with Gasteiger partial charge in [0.2, 0.25) is 0 Å². The van der Waals surface area contributed by atoms with Crippen molar-refractivity contribution in [3.63, 3.8) is 0 Å². The van der Waals surface area contributed by atoms with Crippen LogP contribution >= 0.6 is 11.6 Å². The molecule has 0 radical (unpaired) electrons. The molecule has 0 bridgehead atoms. The van der Waals surface area contributed by atoms with Gasteiger partial charge < -0.3 is 4.57 Å². The maximum atomic E-state index is 12.8. The first-order chi connectivity index (χ1) is 10.1. The summed E-state index contributed by atoms with van der Waals surface area (Å²) >= 11 is 5.91. The molecule has 0 atom stereocenters. The van der Waals surface area contributed by atoms with E-state index in [4.69, 9.17) is 11.6 Å². The van der Waals surface area contributed by atoms with Crippen LogP contribution in [0.5, 0.6) is 0 Å². The Kier molecular flexibility index (Phi) is 3.63. The van der Waals surface area contributed by atoms with Gasteiger partial charge in [-0.3, -0.25) is 4.79 Å². The third-order valence-electron chi connectivity index (χ3n) is 3.39. The number of hydrogen-bond donors (Lipinski definition) is 0. The average Bonchev–Trinajstić information content (AvgIpc) is 2.51. The highest BCUT2D eigenvalue weighted by molar-refractivity contribution is 6.30. The molecule has 0 aliphatic rings. The Balaban J connectivity index is 2.22. The fourth-order valence-electron chi connectivity index (χ4n) is 2.37. The van der Waals surface area contributed by atoms with E-state index in [1.54, 1.807) is 12.1 Å². The number of aryl methyl sites for hydroxylation is 1. The summed E-state index contributed by atoms with van der Waals surface area (Å²) in [6.07, 6.45) is 3.70. The highest BCUT2D eigenvalue weighted by Gasteiger charge is 2.10. The molecule has 104 valence electrons. The van der Waals surface area contributed by atoms with Crippen LogP contribution in [-0.2, 0) is 7.05 Å². The third kappa shape index (κ3) is 2.76. The highest BCUT2D eigenvalue weighted by Crippen LogP contribution is 2.22. The lowest BCUT2D eigenvalue weighted by Crippen LogP contribution is -2.11. The van der Waals surface area contributed by atoms with Crippen molar-refractivity contribution in [1.29, 1.82) is 0 Å². The highest BCUT2D eigenvalue weighted by atomic mass is 35.5. The van der Waals surface area contributed by atoms with Crippen LogP contribution in [0.2, 0.25) is 5.02 Å². The molecule has 3 heteroatoms. The van der Waals surface area contributed by atoms with E-state index >= 15 is 0 Å². The first-order valence-electron chi connectivity index (χ1n) is 6.67. The Bertz CT molecular complexity index is 820. The molecule has 1 aromatic heterocycles. The van der Waals surface area contributed by atoms with Gasteiger partial charge in [-0.2, -0.15) is 0 Å². The van der Waals surface area contributed by atoms with Crippen LogP contribution in [0, 0.1) is 0 Å². The Morgan fingerprint density at radius 1 is 0.810 bits per heavy atom. The fourth-order valence-corrected chi connectivity index (χ4v) is 2.49. The van der Waals surface area contributed by atoms with Crippen molar-refractivity contribution in [2.45, 2.75) is 0 Å². The van der Waals surface area contributed by atoms with Crippen molar-refractivity contribution in [3.8, 4) is 22.3 Å². The summed E-state index contributed by atoms with van der Waals surface area (Å²) in [5.74, 6) is 0. The summed E-state index contributed by atoms with van der Waals surface area (Å²) < 4.78 is 1.91. The first kappa shape index (κ1) is 13.7. The van der Waals surface area contributed by atoms with Gasteiger partial charge >= 0.3 is 0 Å². The summed E-state index contributed by atoms with van der Waals surface area (Å²) in [5.41, 5.74) is 3.20. The molecule has 0 amide bonds. The van der Waals surface area contributed by atoms with Gasteiger partial charge in [-0.05, 0) is 23.3 Å². The zero-order chi connectivity index (χ0) is 14.8. The van der Waals surface area contributed by atoms with Crippen molar-refractivity contribution in [3.05, 3.63) is 82.2 Å². The van der Waals surface area contributed by atoms with E-state index in [1.165, 1.54) is 0 Å². The van der Waals surface area contributed by atoms with Crippen molar-refractivity contribution in [2.75, 3.05) is 0 Å². The predicted octanol–water partition coefficient (Wildman–Crippen LogP) is 4.37. The lowest BCUT2D eigenvalue weighted by atomic mass is 10.0. The quantitative estimate of drug-likeness (QED) is 0.688. The van der Waals surface area contributed by atoms with E-state index in [9.17, 15) is 4.79 Å². The van der Waals surface area contributed by atoms with Crippen LogP contribution in [0.15, 0.2) is 71.8 Å². The number of pyridine rings is 1. The van der Waals surface area contributed by atoms with Crippen LogP contribution in [0.4, 0.5) is 0 Å². The van der Waals surface area contributed by atoms with Crippen LogP contribution in [0.3, 0.4) is 0 Å². The summed E-state index contributed by atoms with van der Waals surface area (Å²) in [7, 11) is 1.92. The maximum absolute atomic E-state index is 12.8. The number of rotatable bonds is 2. The molecule has 0 saturated heterocycles. The summed E-state index contributed by atoms with van der Waals surface area (Å²) in [6.45, 7) is 0. The third-order valence-corrected chi connectivity index (χ3v) is 3.65. The average molecular weight is 296 g/mol. The molecule has 0 aliphatic carbocycles. The number of aromatic nitrogens is 1. The lowest BCUT2D eigenvalue weighted by molar-refractivity contribution is 0.904. The van der Waals surface area contributed by atoms with E-state index in [1.807, 2.05) is 66.5 Å². The Hall–Kier alpha value is -2.32. The molecule has 0 saturated carbocycles. The molecule has 2 aromatic carbocycles. The zero-order valence-corrected chi connectivity index (χ0v) is 12.3. The minimum Gasteiger partial charge on any atom is -0.356 e. The molecule has 2 nitrogen and oxygen atoms in total. The standard InChI is InChI=1S/C18H14ClNO/c1-20-11-16(13-5-3-2-4-6-13)18(21)17(12-20)14-7-9-15(19)10-8-14/h2-12H,1H3. The number of benzene rings is 2. The van der Waals surface area contributed by atoms with Crippen LogP contribution < -0.4 is 5.43 Å². The maximum Gasteiger partial charge on any atom is 0.197 e. The normalized spacial score (nSPS) is 10.6. The second-order valence-corrected chi connectivity index (χ2v) is 5.39. The summed E-state index contributed by atoms with van der Waals surface area (Å²) in [5, 5.41) is 0.662. The minimum atomic E-state index is 0.0293. The van der Waals surface area contributed by atoms with Crippen molar-refractivity contribution < 1.29 is 0 Å². The molecule has 1 heterocycles.